The predicted molar refractivity (Wildman–Crippen MR) is 196 cm³/mol. The summed E-state index contributed by atoms with van der Waals surface area (Å²) in [7, 11) is 1.70. The molecule has 0 aromatic heterocycles. The molecule has 1 aliphatic carbocycles. The molecule has 0 saturated carbocycles. The molecule has 7 heteroatoms. The number of rotatable bonds is 14. The molecule has 3 N–H and O–H groups in total. The van der Waals surface area contributed by atoms with Crippen molar-refractivity contribution in [3.05, 3.63) is 156 Å². The number of nitrogens with zero attached hydrogens (tertiary/aromatic N) is 1. The lowest BCUT2D eigenvalue weighted by atomic mass is 9.81. The van der Waals surface area contributed by atoms with E-state index in [1.807, 2.05) is 97.1 Å². The highest BCUT2D eigenvalue weighted by molar-refractivity contribution is 5.89. The molecule has 0 fully saturated rings. The Bertz CT molecular complexity index is 1790. The van der Waals surface area contributed by atoms with Crippen LogP contribution in [-0.4, -0.2) is 53.8 Å². The van der Waals surface area contributed by atoms with Gasteiger partial charge in [0.2, 0.25) is 5.91 Å². The van der Waals surface area contributed by atoms with Crippen molar-refractivity contribution in [1.82, 2.24) is 10.2 Å². The van der Waals surface area contributed by atoms with Gasteiger partial charge in [0.15, 0.2) is 0 Å². The number of hydrogen-bond donors (Lipinski definition) is 3. The zero-order valence-electron chi connectivity index (χ0n) is 28.3. The van der Waals surface area contributed by atoms with Crippen molar-refractivity contribution >= 4 is 11.6 Å². The summed E-state index contributed by atoms with van der Waals surface area (Å²) in [5, 5.41) is 18.7. The van der Waals surface area contributed by atoms with E-state index in [4.69, 9.17) is 9.47 Å². The summed E-state index contributed by atoms with van der Waals surface area (Å²) in [6, 6.07) is 36.4. The second-order valence-electron chi connectivity index (χ2n) is 12.8. The van der Waals surface area contributed by atoms with Crippen LogP contribution in [0.1, 0.15) is 25.0 Å². The van der Waals surface area contributed by atoms with Crippen molar-refractivity contribution in [2.45, 2.75) is 51.2 Å². The van der Waals surface area contributed by atoms with Crippen molar-refractivity contribution in [3.63, 3.8) is 0 Å². The molecule has 1 amide bonds. The SMILES string of the molecule is COc1ccc(N[C@@H](C)C(C)N(Cc2ccccc2)CC(O)C2=CC=C(OCc3ccccc3)C3NC(=O)C=CC23)cc1-c1ccccc1. The summed E-state index contributed by atoms with van der Waals surface area (Å²) in [5.74, 6) is 1.12. The van der Waals surface area contributed by atoms with E-state index in [9.17, 15) is 9.90 Å². The van der Waals surface area contributed by atoms with E-state index in [1.165, 1.54) is 5.56 Å². The lowest BCUT2D eigenvalue weighted by Gasteiger charge is -2.39. The van der Waals surface area contributed by atoms with E-state index >= 15 is 0 Å². The third-order valence-electron chi connectivity index (χ3n) is 9.49. The molecule has 0 bridgehead atoms. The molecule has 4 unspecified atom stereocenters. The van der Waals surface area contributed by atoms with Crippen LogP contribution in [0.25, 0.3) is 11.1 Å². The number of aliphatic hydroxyl groups is 1. The molecule has 252 valence electrons. The molecule has 2 aliphatic rings. The number of nitrogens with one attached hydrogen (secondary N) is 2. The van der Waals surface area contributed by atoms with Crippen LogP contribution in [0, 0.1) is 5.92 Å². The van der Waals surface area contributed by atoms with Crippen molar-refractivity contribution in [1.29, 1.82) is 0 Å². The number of carbonyl (C=O) groups excluding carboxylic acids is 1. The maximum atomic E-state index is 12.5. The van der Waals surface area contributed by atoms with E-state index in [0.717, 1.165) is 33.7 Å². The molecular formula is C42H45N3O4. The lowest BCUT2D eigenvalue weighted by Crippen LogP contribution is -2.50. The quantitative estimate of drug-likeness (QED) is 0.134. The fourth-order valence-electron chi connectivity index (χ4n) is 6.61. The summed E-state index contributed by atoms with van der Waals surface area (Å²) in [5.41, 5.74) is 6.17. The van der Waals surface area contributed by atoms with Gasteiger partial charge < -0.3 is 25.2 Å². The normalized spacial score (nSPS) is 18.8. The minimum Gasteiger partial charge on any atom is -0.496 e. The van der Waals surface area contributed by atoms with Crippen LogP contribution in [-0.2, 0) is 22.7 Å². The fourth-order valence-corrected chi connectivity index (χ4v) is 6.61. The molecular weight excluding hydrogens is 610 g/mol. The highest BCUT2D eigenvalue weighted by Gasteiger charge is 2.37. The van der Waals surface area contributed by atoms with Crippen molar-refractivity contribution in [2.24, 2.45) is 5.92 Å². The van der Waals surface area contributed by atoms with E-state index in [1.54, 1.807) is 13.2 Å². The largest absolute Gasteiger partial charge is 0.496 e. The molecule has 4 aromatic carbocycles. The summed E-state index contributed by atoms with van der Waals surface area (Å²) in [4.78, 5) is 14.8. The number of hydrogen-bond acceptors (Lipinski definition) is 6. The lowest BCUT2D eigenvalue weighted by molar-refractivity contribution is -0.118. The minimum absolute atomic E-state index is 0.0350. The first-order chi connectivity index (χ1) is 23.9. The summed E-state index contributed by atoms with van der Waals surface area (Å²) >= 11 is 0. The Morgan fingerprint density at radius 3 is 2.24 bits per heavy atom. The van der Waals surface area contributed by atoms with Crippen molar-refractivity contribution < 1.29 is 19.4 Å². The van der Waals surface area contributed by atoms with Crippen LogP contribution >= 0.6 is 0 Å². The number of allylic oxidation sites excluding steroid dienone is 2. The maximum Gasteiger partial charge on any atom is 0.244 e. The van der Waals surface area contributed by atoms with Gasteiger partial charge in [0, 0.05) is 42.3 Å². The van der Waals surface area contributed by atoms with Crippen LogP contribution < -0.4 is 15.4 Å². The van der Waals surface area contributed by atoms with Crippen molar-refractivity contribution in [2.75, 3.05) is 19.0 Å². The summed E-state index contributed by atoms with van der Waals surface area (Å²) < 4.78 is 11.9. The number of carbonyl (C=O) groups is 1. The molecule has 1 aliphatic heterocycles. The average molecular weight is 656 g/mol. The van der Waals surface area contributed by atoms with Gasteiger partial charge in [-0.1, -0.05) is 103 Å². The number of ether oxygens (including phenoxy) is 2. The smallest absolute Gasteiger partial charge is 0.244 e. The zero-order valence-corrected chi connectivity index (χ0v) is 28.3. The van der Waals surface area contributed by atoms with Gasteiger partial charge in [0.25, 0.3) is 0 Å². The van der Waals surface area contributed by atoms with Gasteiger partial charge in [-0.2, -0.15) is 0 Å². The van der Waals surface area contributed by atoms with Crippen molar-refractivity contribution in [3.8, 4) is 16.9 Å². The number of amides is 1. The maximum absolute atomic E-state index is 12.5. The minimum atomic E-state index is -0.775. The second kappa shape index (κ2) is 15.9. The molecule has 0 spiro atoms. The van der Waals surface area contributed by atoms with E-state index < -0.39 is 6.10 Å². The van der Waals surface area contributed by atoms with Crippen LogP contribution in [0.15, 0.2) is 145 Å². The first kappa shape index (κ1) is 33.8. The number of aliphatic hydroxyl groups excluding tert-OH is 1. The first-order valence-electron chi connectivity index (χ1n) is 16.9. The first-order valence-corrected chi connectivity index (χ1v) is 16.9. The number of anilines is 1. The van der Waals surface area contributed by atoms with E-state index in [0.29, 0.717) is 25.5 Å². The molecule has 6 rings (SSSR count). The molecule has 0 radical (unpaired) electrons. The van der Waals surface area contributed by atoms with Gasteiger partial charge in [-0.05, 0) is 66.5 Å². The number of benzene rings is 4. The zero-order chi connectivity index (χ0) is 34.2. The summed E-state index contributed by atoms with van der Waals surface area (Å²) in [6.45, 7) is 5.84. The number of fused-ring (bicyclic) bond motifs is 1. The molecule has 5 atom stereocenters. The molecule has 4 aromatic rings. The van der Waals surface area contributed by atoms with Crippen LogP contribution in [0.3, 0.4) is 0 Å². The van der Waals surface area contributed by atoms with Gasteiger partial charge >= 0.3 is 0 Å². The highest BCUT2D eigenvalue weighted by atomic mass is 16.5. The van der Waals surface area contributed by atoms with Gasteiger partial charge in [-0.3, -0.25) is 9.69 Å². The fraction of sp³-hybridized carbons (Fsp3) is 0.262. The monoisotopic (exact) mass is 655 g/mol. The Kier molecular flexibility index (Phi) is 10.9. The Labute approximate surface area is 289 Å². The molecule has 7 nitrogen and oxygen atoms in total. The van der Waals surface area contributed by atoms with E-state index in [2.05, 4.69) is 59.7 Å². The predicted octanol–water partition coefficient (Wildman–Crippen LogP) is 7.13. The van der Waals surface area contributed by atoms with Crippen LogP contribution in [0.5, 0.6) is 5.75 Å². The second-order valence-corrected chi connectivity index (χ2v) is 12.8. The van der Waals surface area contributed by atoms with E-state index in [-0.39, 0.29) is 30.0 Å². The van der Waals surface area contributed by atoms with Gasteiger partial charge in [0.1, 0.15) is 18.1 Å². The molecule has 1 heterocycles. The van der Waals surface area contributed by atoms with Gasteiger partial charge in [-0.15, -0.1) is 0 Å². The van der Waals surface area contributed by atoms with Crippen LogP contribution in [0.2, 0.25) is 0 Å². The average Bonchev–Trinajstić information content (AvgIpc) is 3.14. The Balaban J connectivity index is 1.22. The number of methoxy groups -OCH3 is 1. The standard InChI is InChI=1S/C42H45N3O4/c1-29(43-34-19-22-39(48-3)37(25-34)33-17-11-6-12-18-33)30(2)45(26-31-13-7-4-8-14-31)27-38(46)35-20-23-40(42-36(35)21-24-41(47)44-42)49-28-32-15-9-5-10-16-32/h4-25,29-30,36,38,42-43,46H,26-28H2,1-3H3,(H,44,47)/t29-,30?,36?,38?,42?/m0/s1. The van der Waals surface area contributed by atoms with Crippen LogP contribution in [0.4, 0.5) is 5.69 Å². The molecule has 0 saturated heterocycles. The Hall–Kier alpha value is -5.11. The third kappa shape index (κ3) is 8.31. The Morgan fingerprint density at radius 2 is 1.55 bits per heavy atom. The van der Waals surface area contributed by atoms with Gasteiger partial charge in [0.05, 0.1) is 19.3 Å². The summed E-state index contributed by atoms with van der Waals surface area (Å²) in [6.07, 6.45) is 6.52. The third-order valence-corrected chi connectivity index (χ3v) is 9.49. The topological polar surface area (TPSA) is 83.1 Å². The highest BCUT2D eigenvalue weighted by Crippen LogP contribution is 2.35. The van der Waals surface area contributed by atoms with Gasteiger partial charge in [-0.25, -0.2) is 0 Å². The molecule has 49 heavy (non-hydrogen) atoms. The Morgan fingerprint density at radius 1 is 0.878 bits per heavy atom.